The van der Waals surface area contributed by atoms with E-state index in [4.69, 9.17) is 10.9 Å². The minimum absolute atomic E-state index is 0.00926. The molecule has 1 unspecified atom stereocenters. The van der Waals surface area contributed by atoms with Gasteiger partial charge in [0.2, 0.25) is 5.91 Å². The molecule has 1 aromatic heterocycles. The van der Waals surface area contributed by atoms with Crippen LogP contribution in [-0.2, 0) is 4.79 Å². The lowest BCUT2D eigenvalue weighted by Crippen LogP contribution is -2.57. The number of rotatable bonds is 5. The number of carbonyl (C=O) groups excluding carboxylic acids is 1. The van der Waals surface area contributed by atoms with Crippen LogP contribution in [0.4, 0.5) is 0 Å². The van der Waals surface area contributed by atoms with E-state index in [2.05, 4.69) is 15.5 Å². The van der Waals surface area contributed by atoms with Crippen LogP contribution in [0.3, 0.4) is 0 Å². The van der Waals surface area contributed by atoms with E-state index < -0.39 is 5.41 Å². The first-order valence-corrected chi connectivity index (χ1v) is 7.53. The van der Waals surface area contributed by atoms with Crippen LogP contribution in [0.1, 0.15) is 37.6 Å². The lowest BCUT2D eigenvalue weighted by Gasteiger charge is -2.43. The Balaban J connectivity index is 1.97. The first-order chi connectivity index (χ1) is 9.49. The monoisotopic (exact) mass is 296 g/mol. The molecule has 1 amide bonds. The predicted molar refractivity (Wildman–Crippen MR) is 77.8 cm³/mol. The van der Waals surface area contributed by atoms with Crippen LogP contribution in [0.5, 0.6) is 0 Å². The van der Waals surface area contributed by atoms with Gasteiger partial charge in [0.15, 0.2) is 5.84 Å². The molecule has 1 atom stereocenters. The summed E-state index contributed by atoms with van der Waals surface area (Å²) in [6.45, 7) is 4.56. The van der Waals surface area contributed by atoms with Crippen molar-refractivity contribution >= 4 is 23.1 Å². The van der Waals surface area contributed by atoms with E-state index in [-0.39, 0.29) is 17.7 Å². The van der Waals surface area contributed by atoms with Crippen molar-refractivity contribution < 1.29 is 10.0 Å². The number of amides is 1. The quantitative estimate of drug-likeness (QED) is 0.332. The molecule has 0 aliphatic heterocycles. The van der Waals surface area contributed by atoms with Crippen LogP contribution in [0.2, 0.25) is 0 Å². The van der Waals surface area contributed by atoms with Gasteiger partial charge in [0.05, 0.1) is 5.01 Å². The number of nitrogens with one attached hydrogen (secondary N) is 1. The lowest BCUT2D eigenvalue weighted by atomic mass is 9.61. The molecule has 110 valence electrons. The number of hydrogen-bond acceptors (Lipinski definition) is 5. The molecule has 1 aromatic rings. The Morgan fingerprint density at radius 3 is 2.95 bits per heavy atom. The van der Waals surface area contributed by atoms with Gasteiger partial charge in [0.1, 0.15) is 5.41 Å². The second-order valence-corrected chi connectivity index (χ2v) is 6.49. The van der Waals surface area contributed by atoms with Crippen molar-refractivity contribution in [3.8, 4) is 0 Å². The predicted octanol–water partition coefficient (Wildman–Crippen LogP) is 1.53. The Bertz CT molecular complexity index is 494. The van der Waals surface area contributed by atoms with Crippen LogP contribution >= 0.6 is 11.3 Å². The molecule has 0 bridgehead atoms. The Morgan fingerprint density at radius 2 is 2.45 bits per heavy atom. The van der Waals surface area contributed by atoms with E-state index in [0.717, 1.165) is 5.01 Å². The summed E-state index contributed by atoms with van der Waals surface area (Å²) in [5.41, 5.74) is 4.87. The maximum absolute atomic E-state index is 12.4. The van der Waals surface area contributed by atoms with Crippen molar-refractivity contribution in [2.24, 2.45) is 22.2 Å². The third-order valence-corrected chi connectivity index (χ3v) is 4.88. The molecule has 1 fully saturated rings. The summed E-state index contributed by atoms with van der Waals surface area (Å²) in [4.78, 5) is 16.6. The minimum atomic E-state index is -0.837. The highest BCUT2D eigenvalue weighted by Gasteiger charge is 2.52. The largest absolute Gasteiger partial charge is 0.409 e. The third kappa shape index (κ3) is 2.63. The number of amidine groups is 1. The molecule has 0 radical (unpaired) electrons. The van der Waals surface area contributed by atoms with Crippen LogP contribution in [0, 0.1) is 11.3 Å². The van der Waals surface area contributed by atoms with Crippen LogP contribution in [-0.4, -0.2) is 28.5 Å². The molecule has 2 rings (SSSR count). The van der Waals surface area contributed by atoms with E-state index in [1.165, 1.54) is 0 Å². The number of aromatic nitrogens is 1. The maximum atomic E-state index is 12.4. The summed E-state index contributed by atoms with van der Waals surface area (Å²) < 4.78 is 0. The highest BCUT2D eigenvalue weighted by molar-refractivity contribution is 7.09. The third-order valence-electron chi connectivity index (χ3n) is 3.87. The lowest BCUT2D eigenvalue weighted by molar-refractivity contribution is -0.133. The van der Waals surface area contributed by atoms with E-state index in [9.17, 15) is 4.79 Å². The van der Waals surface area contributed by atoms with Gasteiger partial charge in [-0.1, -0.05) is 19.0 Å². The van der Waals surface area contributed by atoms with Gasteiger partial charge >= 0.3 is 0 Å². The van der Waals surface area contributed by atoms with Crippen LogP contribution < -0.4 is 11.1 Å². The maximum Gasteiger partial charge on any atom is 0.233 e. The number of nitrogens with two attached hydrogens (primary N) is 1. The van der Waals surface area contributed by atoms with Gasteiger partial charge in [-0.3, -0.25) is 4.79 Å². The average Bonchev–Trinajstić information content (AvgIpc) is 2.93. The summed E-state index contributed by atoms with van der Waals surface area (Å²) in [5.74, 6) is 0.419. The fourth-order valence-corrected chi connectivity index (χ4v) is 3.42. The first-order valence-electron chi connectivity index (χ1n) is 6.65. The first kappa shape index (κ1) is 14.8. The number of hydrogen-bond donors (Lipinski definition) is 3. The van der Waals surface area contributed by atoms with E-state index in [1.54, 1.807) is 17.5 Å². The van der Waals surface area contributed by atoms with Crippen molar-refractivity contribution in [1.29, 1.82) is 0 Å². The number of carbonyl (C=O) groups is 1. The van der Waals surface area contributed by atoms with Gasteiger partial charge in [0.25, 0.3) is 0 Å². The zero-order valence-corrected chi connectivity index (χ0v) is 12.5. The van der Waals surface area contributed by atoms with Crippen molar-refractivity contribution in [1.82, 2.24) is 10.3 Å². The molecular formula is C13H20N4O2S. The summed E-state index contributed by atoms with van der Waals surface area (Å²) >= 11 is 1.57. The smallest absolute Gasteiger partial charge is 0.233 e. The van der Waals surface area contributed by atoms with Crippen molar-refractivity contribution in [3.05, 3.63) is 16.6 Å². The Hall–Kier alpha value is -1.63. The van der Waals surface area contributed by atoms with Crippen molar-refractivity contribution in [2.45, 2.75) is 32.6 Å². The van der Waals surface area contributed by atoms with Gasteiger partial charge in [0, 0.05) is 24.0 Å². The molecule has 1 heterocycles. The van der Waals surface area contributed by atoms with Crippen LogP contribution in [0.25, 0.3) is 0 Å². The Labute approximate surface area is 122 Å². The molecule has 20 heavy (non-hydrogen) atoms. The second-order valence-electron chi connectivity index (χ2n) is 5.56. The zero-order valence-electron chi connectivity index (χ0n) is 11.7. The SMILES string of the molecule is CC1CC(C(=O)NCC(C)c2nccs2)(/C(N)=N/O)C1. The van der Waals surface area contributed by atoms with E-state index >= 15 is 0 Å². The molecule has 6 nitrogen and oxygen atoms in total. The zero-order chi connectivity index (χ0) is 14.8. The standard InChI is InChI=1S/C13H20N4O2S/c1-8-5-13(6-8,11(14)17-19)12(18)16-7-9(2)10-15-3-4-20-10/h3-4,8-9,19H,5-7H2,1-2H3,(H2,14,17)(H,16,18). The second kappa shape index (κ2) is 5.78. The molecule has 1 aliphatic carbocycles. The highest BCUT2D eigenvalue weighted by atomic mass is 32.1. The average molecular weight is 296 g/mol. The van der Waals surface area contributed by atoms with E-state index in [1.807, 2.05) is 19.2 Å². The summed E-state index contributed by atoms with van der Waals surface area (Å²) in [6.07, 6.45) is 3.00. The summed E-state index contributed by atoms with van der Waals surface area (Å²) in [6, 6.07) is 0. The van der Waals surface area contributed by atoms with Gasteiger partial charge in [-0.2, -0.15) is 0 Å². The Morgan fingerprint density at radius 1 is 1.75 bits per heavy atom. The van der Waals surface area contributed by atoms with Gasteiger partial charge < -0.3 is 16.3 Å². The number of thiazole rings is 1. The summed E-state index contributed by atoms with van der Waals surface area (Å²) in [7, 11) is 0. The van der Waals surface area contributed by atoms with Crippen LogP contribution in [0.15, 0.2) is 16.7 Å². The van der Waals surface area contributed by atoms with Crippen molar-refractivity contribution in [2.75, 3.05) is 6.54 Å². The number of nitrogens with zero attached hydrogens (tertiary/aromatic N) is 2. The Kier molecular flexibility index (Phi) is 4.27. The van der Waals surface area contributed by atoms with Crippen molar-refractivity contribution in [3.63, 3.8) is 0 Å². The molecule has 0 saturated heterocycles. The highest BCUT2D eigenvalue weighted by Crippen LogP contribution is 2.45. The molecule has 7 heteroatoms. The molecular weight excluding hydrogens is 276 g/mol. The van der Waals surface area contributed by atoms with Gasteiger partial charge in [-0.05, 0) is 18.8 Å². The fraction of sp³-hybridized carbons (Fsp3) is 0.615. The molecule has 0 spiro atoms. The molecule has 1 aliphatic rings. The normalized spacial score (nSPS) is 27.7. The van der Waals surface area contributed by atoms with Gasteiger partial charge in [-0.25, -0.2) is 4.98 Å². The van der Waals surface area contributed by atoms with Gasteiger partial charge in [-0.15, -0.1) is 11.3 Å². The fourth-order valence-electron chi connectivity index (χ4n) is 2.72. The molecule has 0 aromatic carbocycles. The minimum Gasteiger partial charge on any atom is -0.409 e. The summed E-state index contributed by atoms with van der Waals surface area (Å²) in [5, 5.41) is 17.7. The number of oxime groups is 1. The van der Waals surface area contributed by atoms with E-state index in [0.29, 0.717) is 25.3 Å². The molecule has 1 saturated carbocycles. The molecule has 4 N–H and O–H groups in total. The topological polar surface area (TPSA) is 101 Å².